The maximum atomic E-state index is 16.7. The lowest BCUT2D eigenvalue weighted by Crippen LogP contribution is -2.31. The second-order valence-corrected chi connectivity index (χ2v) is 10.4. The summed E-state index contributed by atoms with van der Waals surface area (Å²) in [5, 5.41) is 9.68. The molecule has 15 heteroatoms. The normalized spacial score (nSPS) is 14.0. The number of nitrogens with two attached hydrogens (primary N) is 2. The number of thiophene rings is 1. The van der Waals surface area contributed by atoms with Crippen LogP contribution in [0.2, 0.25) is 0 Å². The summed E-state index contributed by atoms with van der Waals surface area (Å²) < 4.78 is 73.3. The number of ether oxygens (including phenoxy) is 2. The maximum Gasteiger partial charge on any atom is 0.420 e. The molecule has 0 saturated carbocycles. The molecule has 214 valence electrons. The molecule has 2 aromatic carbocycles. The molecule has 0 saturated heterocycles. The van der Waals surface area contributed by atoms with Crippen LogP contribution in [0.4, 0.5) is 34.2 Å². The number of fused-ring (bicyclic) bond motifs is 1. The van der Waals surface area contributed by atoms with Crippen LogP contribution in [0.3, 0.4) is 0 Å². The zero-order valence-electron chi connectivity index (χ0n) is 22.0. The highest BCUT2D eigenvalue weighted by molar-refractivity contribution is 7.23. The van der Waals surface area contributed by atoms with Gasteiger partial charge in [0.15, 0.2) is 5.82 Å². The van der Waals surface area contributed by atoms with Gasteiger partial charge in [-0.2, -0.15) is 28.4 Å². The maximum absolute atomic E-state index is 16.7. The molecule has 0 radical (unpaired) electrons. The van der Waals surface area contributed by atoms with Crippen LogP contribution in [0.15, 0.2) is 30.7 Å². The van der Waals surface area contributed by atoms with Crippen LogP contribution in [-0.4, -0.2) is 40.2 Å². The van der Waals surface area contributed by atoms with Crippen molar-refractivity contribution in [1.29, 1.82) is 5.26 Å². The smallest absolute Gasteiger partial charge is 0.420 e. The number of aromatic nitrogens is 4. The van der Waals surface area contributed by atoms with E-state index in [9.17, 15) is 5.26 Å². The molecular formula is C27H20F4N8O2S. The Morgan fingerprint density at radius 1 is 1.21 bits per heavy atom. The summed E-state index contributed by atoms with van der Waals surface area (Å²) in [5.74, 6) is -1.82. The van der Waals surface area contributed by atoms with Crippen molar-refractivity contribution in [3.63, 3.8) is 0 Å². The Kier molecular flexibility index (Phi) is 6.38. The Morgan fingerprint density at radius 3 is 2.69 bits per heavy atom. The van der Waals surface area contributed by atoms with E-state index in [0.29, 0.717) is 10.3 Å². The van der Waals surface area contributed by atoms with Gasteiger partial charge in [-0.15, -0.1) is 11.3 Å². The average Bonchev–Trinajstić information content (AvgIpc) is 3.18. The van der Waals surface area contributed by atoms with Gasteiger partial charge in [0, 0.05) is 27.4 Å². The second-order valence-electron chi connectivity index (χ2n) is 9.36. The van der Waals surface area contributed by atoms with Gasteiger partial charge in [0.1, 0.15) is 52.5 Å². The van der Waals surface area contributed by atoms with Crippen molar-refractivity contribution >= 4 is 49.0 Å². The third kappa shape index (κ3) is 4.05. The van der Waals surface area contributed by atoms with E-state index in [0.717, 1.165) is 11.3 Å². The van der Waals surface area contributed by atoms with Gasteiger partial charge in [0.2, 0.25) is 0 Å². The largest absolute Gasteiger partial charge is 0.490 e. The van der Waals surface area contributed by atoms with E-state index in [2.05, 4.69) is 19.9 Å². The summed E-state index contributed by atoms with van der Waals surface area (Å²) in [6.07, 6.45) is -2.34. The number of hydrogen-bond donors (Lipinski definition) is 2. The van der Waals surface area contributed by atoms with Gasteiger partial charge in [0.25, 0.3) is 0 Å². The van der Waals surface area contributed by atoms with Crippen LogP contribution in [-0.2, 0) is 6.18 Å². The summed E-state index contributed by atoms with van der Waals surface area (Å²) in [7, 11) is 1.26. The van der Waals surface area contributed by atoms with Crippen molar-refractivity contribution in [2.24, 2.45) is 0 Å². The van der Waals surface area contributed by atoms with Crippen LogP contribution in [0.25, 0.3) is 32.1 Å². The molecule has 0 bridgehead atoms. The fraction of sp³-hybridized carbons (Fsp3) is 0.222. The molecule has 5 aromatic rings. The topological polar surface area (TPSA) is 149 Å². The summed E-state index contributed by atoms with van der Waals surface area (Å²) in [6, 6.07) is 5.43. The van der Waals surface area contributed by atoms with E-state index >= 15 is 17.6 Å². The number of nitrogens with zero attached hydrogens (tertiary/aromatic N) is 6. The van der Waals surface area contributed by atoms with Gasteiger partial charge in [-0.05, 0) is 18.6 Å². The minimum absolute atomic E-state index is 0.0446. The first kappa shape index (κ1) is 27.2. The Hall–Kier alpha value is -4.97. The molecule has 4 N–H and O–H groups in total. The lowest BCUT2D eigenvalue weighted by molar-refractivity contribution is -0.138. The van der Waals surface area contributed by atoms with Crippen molar-refractivity contribution in [3.05, 3.63) is 53.2 Å². The second kappa shape index (κ2) is 9.84. The summed E-state index contributed by atoms with van der Waals surface area (Å²) in [5.41, 5.74) is 9.69. The molecule has 4 heterocycles. The average molecular weight is 597 g/mol. The van der Waals surface area contributed by atoms with E-state index in [-0.39, 0.29) is 57.7 Å². The molecule has 0 spiro atoms. The van der Waals surface area contributed by atoms with Crippen molar-refractivity contribution in [2.75, 3.05) is 36.6 Å². The van der Waals surface area contributed by atoms with E-state index in [1.807, 2.05) is 6.07 Å². The third-order valence-corrected chi connectivity index (χ3v) is 8.12. The minimum atomic E-state index is -5.09. The van der Waals surface area contributed by atoms with Crippen molar-refractivity contribution in [3.8, 4) is 29.0 Å². The quantitative estimate of drug-likeness (QED) is 0.256. The molecule has 6 rings (SSSR count). The number of methoxy groups -OCH3 is 1. The third-order valence-electron chi connectivity index (χ3n) is 7.13. The summed E-state index contributed by atoms with van der Waals surface area (Å²) in [4.78, 5) is 18.1. The van der Waals surface area contributed by atoms with E-state index in [4.69, 9.17) is 20.9 Å². The predicted octanol–water partition coefficient (Wildman–Crippen LogP) is 5.46. The first-order chi connectivity index (χ1) is 20.1. The first-order valence-electron chi connectivity index (χ1n) is 12.4. The van der Waals surface area contributed by atoms with Crippen LogP contribution in [0.1, 0.15) is 29.7 Å². The van der Waals surface area contributed by atoms with Crippen LogP contribution in [0, 0.1) is 17.1 Å². The molecule has 0 aliphatic carbocycles. The number of benzene rings is 2. The number of halogens is 4. The Balaban J connectivity index is 1.75. The zero-order valence-corrected chi connectivity index (χ0v) is 22.8. The van der Waals surface area contributed by atoms with Crippen molar-refractivity contribution in [1.82, 2.24) is 19.9 Å². The van der Waals surface area contributed by atoms with Crippen LogP contribution < -0.4 is 25.8 Å². The number of rotatable bonds is 4. The van der Waals surface area contributed by atoms with Gasteiger partial charge in [0.05, 0.1) is 30.6 Å². The number of nitriles is 1. The lowest BCUT2D eigenvalue weighted by Gasteiger charge is -2.30. The van der Waals surface area contributed by atoms with Gasteiger partial charge < -0.3 is 25.8 Å². The minimum Gasteiger partial charge on any atom is -0.490 e. The number of anilines is 3. The molecule has 1 atom stereocenters. The molecule has 1 aliphatic heterocycles. The fourth-order valence-electron chi connectivity index (χ4n) is 5.29. The summed E-state index contributed by atoms with van der Waals surface area (Å²) in [6.45, 7) is 1.56. The van der Waals surface area contributed by atoms with E-state index in [1.165, 1.54) is 31.8 Å². The van der Waals surface area contributed by atoms with Gasteiger partial charge in [-0.1, -0.05) is 12.1 Å². The highest BCUT2D eigenvalue weighted by Gasteiger charge is 2.44. The first-order valence-corrected chi connectivity index (χ1v) is 13.2. The SMILES string of the molecule is COc1nc2c3c(c(C(F)(F)F)c(-c4cccc5sc(N)c(C#N)c45)c(F)c3n1)OCCN2C(C)c1cncnc1N. The highest BCUT2D eigenvalue weighted by Crippen LogP contribution is 2.53. The molecule has 10 nitrogen and oxygen atoms in total. The fourth-order valence-corrected chi connectivity index (χ4v) is 6.23. The molecule has 0 fully saturated rings. The monoisotopic (exact) mass is 596 g/mol. The lowest BCUT2D eigenvalue weighted by atomic mass is 9.91. The highest BCUT2D eigenvalue weighted by atomic mass is 32.1. The Morgan fingerprint density at radius 2 is 2.00 bits per heavy atom. The van der Waals surface area contributed by atoms with Crippen molar-refractivity contribution in [2.45, 2.75) is 19.1 Å². The molecule has 42 heavy (non-hydrogen) atoms. The van der Waals surface area contributed by atoms with Crippen LogP contribution >= 0.6 is 11.3 Å². The van der Waals surface area contributed by atoms with Gasteiger partial charge >= 0.3 is 12.2 Å². The van der Waals surface area contributed by atoms with Crippen molar-refractivity contribution < 1.29 is 27.0 Å². The standard InChI is InChI=1S/C27H20F4N8O2S/c1-11(14-9-35-10-36-23(14)33)39-6-7-41-22-18-21(37-26(40-2)38-25(18)39)20(28)17(19(22)27(29,30)31)12-4-3-5-15-16(12)13(8-32)24(34)42-15/h3-5,9-11H,6-7,34H2,1-2H3,(H2,33,35,36). The number of nitrogen functional groups attached to an aromatic ring is 2. The molecule has 1 aliphatic rings. The Bertz CT molecular complexity index is 1940. The molecule has 0 amide bonds. The molecule has 3 aromatic heterocycles. The summed E-state index contributed by atoms with van der Waals surface area (Å²) >= 11 is 1.02. The van der Waals surface area contributed by atoms with E-state index < -0.39 is 40.4 Å². The van der Waals surface area contributed by atoms with Gasteiger partial charge in [-0.3, -0.25) is 0 Å². The van der Waals surface area contributed by atoms with E-state index in [1.54, 1.807) is 17.9 Å². The van der Waals surface area contributed by atoms with Gasteiger partial charge in [-0.25, -0.2) is 14.4 Å². The number of alkyl halides is 3. The zero-order chi connectivity index (χ0) is 29.9. The molecular weight excluding hydrogens is 576 g/mol. The predicted molar refractivity (Wildman–Crippen MR) is 149 cm³/mol. The van der Waals surface area contributed by atoms with Crippen LogP contribution in [0.5, 0.6) is 11.8 Å². The Labute approximate surface area is 239 Å². The number of hydrogen-bond acceptors (Lipinski definition) is 11. The molecule has 1 unspecified atom stereocenters.